The second-order valence-electron chi connectivity index (χ2n) is 7.54. The third kappa shape index (κ3) is 5.43. The van der Waals surface area contributed by atoms with Gasteiger partial charge in [0.15, 0.2) is 11.6 Å². The number of hydrogen-bond donors (Lipinski definition) is 1. The van der Waals surface area contributed by atoms with Crippen LogP contribution in [0, 0.1) is 11.6 Å². The van der Waals surface area contributed by atoms with Crippen molar-refractivity contribution in [2.45, 2.75) is 37.8 Å². The molecule has 0 atom stereocenters. The Morgan fingerprint density at radius 2 is 1.50 bits per heavy atom. The van der Waals surface area contributed by atoms with Crippen LogP contribution in [0.15, 0.2) is 71.6 Å². The lowest BCUT2D eigenvalue weighted by Crippen LogP contribution is -2.23. The van der Waals surface area contributed by atoms with E-state index >= 15 is 0 Å². The molecule has 0 saturated heterocycles. The lowest BCUT2D eigenvalue weighted by Gasteiger charge is -2.26. The normalized spacial score (nSPS) is 11.7. The molecule has 2 N–H and O–H groups in total. The molecule has 0 bridgehead atoms. The van der Waals surface area contributed by atoms with E-state index in [0.717, 1.165) is 17.7 Å². The molecular formula is C23H24F2N2O2S. The van der Waals surface area contributed by atoms with Gasteiger partial charge in [-0.2, -0.15) is 0 Å². The molecule has 0 aliphatic heterocycles. The Labute approximate surface area is 176 Å². The zero-order valence-corrected chi connectivity index (χ0v) is 17.7. The fourth-order valence-electron chi connectivity index (χ4n) is 3.18. The molecule has 0 aromatic heterocycles. The van der Waals surface area contributed by atoms with Crippen molar-refractivity contribution in [1.82, 2.24) is 0 Å². The second-order valence-corrected chi connectivity index (χ2v) is 9.10. The highest BCUT2D eigenvalue weighted by Crippen LogP contribution is 2.24. The molecule has 0 spiro atoms. The van der Waals surface area contributed by atoms with Crippen LogP contribution >= 0.6 is 0 Å². The summed E-state index contributed by atoms with van der Waals surface area (Å²) in [6.07, 6.45) is 0. The van der Waals surface area contributed by atoms with E-state index in [-0.39, 0.29) is 11.4 Å². The average Bonchev–Trinajstić information content (AvgIpc) is 2.70. The summed E-state index contributed by atoms with van der Waals surface area (Å²) in [6, 6.07) is 18.1. The van der Waals surface area contributed by atoms with Gasteiger partial charge in [-0.15, -0.1) is 0 Å². The largest absolute Gasteiger partial charge is 0.363 e. The number of hydrogen-bond acceptors (Lipinski definition) is 3. The summed E-state index contributed by atoms with van der Waals surface area (Å²) in [5.41, 5.74) is 3.39. The quantitative estimate of drug-likeness (QED) is 0.577. The molecule has 7 heteroatoms. The van der Waals surface area contributed by atoms with Gasteiger partial charge in [0, 0.05) is 18.8 Å². The van der Waals surface area contributed by atoms with E-state index in [9.17, 15) is 17.2 Å². The van der Waals surface area contributed by atoms with Gasteiger partial charge in [-0.05, 0) is 52.9 Å². The van der Waals surface area contributed by atoms with Crippen LogP contribution in [-0.2, 0) is 23.1 Å². The highest BCUT2D eigenvalue weighted by atomic mass is 32.2. The minimum Gasteiger partial charge on any atom is -0.363 e. The molecule has 0 amide bonds. The molecule has 0 heterocycles. The number of nitrogens with zero attached hydrogens (tertiary/aromatic N) is 1. The summed E-state index contributed by atoms with van der Waals surface area (Å²) in [7, 11) is -3.87. The fourth-order valence-corrected chi connectivity index (χ4v) is 3.74. The van der Waals surface area contributed by atoms with Crippen LogP contribution in [0.1, 0.15) is 36.5 Å². The van der Waals surface area contributed by atoms with Crippen molar-refractivity contribution >= 4 is 15.7 Å². The van der Waals surface area contributed by atoms with Crippen molar-refractivity contribution < 1.29 is 17.2 Å². The Morgan fingerprint density at radius 3 is 2.10 bits per heavy atom. The smallest absolute Gasteiger partial charge is 0.238 e. The Hall–Kier alpha value is -2.77. The maximum absolute atomic E-state index is 13.7. The highest BCUT2D eigenvalue weighted by Gasteiger charge is 2.14. The lowest BCUT2D eigenvalue weighted by atomic mass is 10.0. The summed E-state index contributed by atoms with van der Waals surface area (Å²) in [4.78, 5) is 1.89. The first-order valence-electron chi connectivity index (χ1n) is 9.54. The summed E-state index contributed by atoms with van der Waals surface area (Å²) >= 11 is 0. The molecule has 4 nitrogen and oxygen atoms in total. The standard InChI is InChI=1S/C23H24F2N2O2S/c1-16(2)19-9-6-17(7-10-19)14-27(15-18-8-11-22(24)23(25)12-18)20-4-3-5-21(13-20)30(26,28)29/h3-13,16H,14-15H2,1-2H3,(H2,26,28,29). The maximum atomic E-state index is 13.7. The third-order valence-corrected chi connectivity index (χ3v) is 5.80. The molecule has 3 aromatic rings. The van der Waals surface area contributed by atoms with Crippen molar-refractivity contribution in [2.24, 2.45) is 5.14 Å². The number of sulfonamides is 1. The van der Waals surface area contributed by atoms with Gasteiger partial charge in [0.2, 0.25) is 10.0 Å². The van der Waals surface area contributed by atoms with E-state index in [4.69, 9.17) is 5.14 Å². The Morgan fingerprint density at radius 1 is 0.867 bits per heavy atom. The van der Waals surface area contributed by atoms with E-state index in [1.54, 1.807) is 12.1 Å². The van der Waals surface area contributed by atoms with Crippen molar-refractivity contribution in [3.63, 3.8) is 0 Å². The first-order chi connectivity index (χ1) is 14.1. The zero-order valence-electron chi connectivity index (χ0n) is 16.8. The van der Waals surface area contributed by atoms with Crippen molar-refractivity contribution in [1.29, 1.82) is 0 Å². The van der Waals surface area contributed by atoms with Gasteiger partial charge < -0.3 is 4.90 Å². The summed E-state index contributed by atoms with van der Waals surface area (Å²) < 4.78 is 50.6. The van der Waals surface area contributed by atoms with E-state index in [2.05, 4.69) is 26.0 Å². The van der Waals surface area contributed by atoms with Crippen molar-refractivity contribution in [3.8, 4) is 0 Å². The zero-order chi connectivity index (χ0) is 21.9. The van der Waals surface area contributed by atoms with Gasteiger partial charge in [0.25, 0.3) is 0 Å². The third-order valence-electron chi connectivity index (χ3n) is 4.89. The van der Waals surface area contributed by atoms with E-state index in [1.807, 2.05) is 17.0 Å². The first kappa shape index (κ1) is 21.9. The van der Waals surface area contributed by atoms with Crippen LogP contribution in [0.3, 0.4) is 0 Å². The molecule has 30 heavy (non-hydrogen) atoms. The van der Waals surface area contributed by atoms with Crippen LogP contribution in [-0.4, -0.2) is 8.42 Å². The number of benzene rings is 3. The van der Waals surface area contributed by atoms with Gasteiger partial charge in [-0.1, -0.05) is 50.2 Å². The molecule has 3 aromatic carbocycles. The van der Waals surface area contributed by atoms with Gasteiger partial charge in [-0.25, -0.2) is 22.3 Å². The van der Waals surface area contributed by atoms with Crippen molar-refractivity contribution in [3.05, 3.63) is 95.1 Å². The lowest BCUT2D eigenvalue weighted by molar-refractivity contribution is 0.506. The van der Waals surface area contributed by atoms with Crippen LogP contribution < -0.4 is 10.0 Å². The molecule has 3 rings (SSSR count). The molecule has 158 valence electrons. The monoisotopic (exact) mass is 430 g/mol. The van der Waals surface area contributed by atoms with Crippen LogP contribution in [0.4, 0.5) is 14.5 Å². The number of halogens is 2. The van der Waals surface area contributed by atoms with E-state index in [1.165, 1.54) is 23.8 Å². The minimum atomic E-state index is -3.87. The van der Waals surface area contributed by atoms with Crippen LogP contribution in [0.5, 0.6) is 0 Å². The van der Waals surface area contributed by atoms with Crippen LogP contribution in [0.25, 0.3) is 0 Å². The molecule has 0 aliphatic carbocycles. The maximum Gasteiger partial charge on any atom is 0.238 e. The fraction of sp³-hybridized carbons (Fsp3) is 0.217. The molecular weight excluding hydrogens is 406 g/mol. The van der Waals surface area contributed by atoms with E-state index < -0.39 is 21.7 Å². The number of rotatable bonds is 7. The molecule has 0 unspecified atom stereocenters. The average molecular weight is 431 g/mol. The molecule has 0 aliphatic rings. The van der Waals surface area contributed by atoms with Gasteiger partial charge in [0.05, 0.1) is 4.90 Å². The predicted octanol–water partition coefficient (Wildman–Crippen LogP) is 4.94. The summed E-state index contributed by atoms with van der Waals surface area (Å²) in [5.74, 6) is -1.43. The Bertz CT molecular complexity index is 1130. The molecule has 0 saturated carbocycles. The topological polar surface area (TPSA) is 63.4 Å². The van der Waals surface area contributed by atoms with Gasteiger partial charge >= 0.3 is 0 Å². The Balaban J connectivity index is 1.96. The molecule has 0 radical (unpaired) electrons. The van der Waals surface area contributed by atoms with Gasteiger partial charge in [-0.3, -0.25) is 0 Å². The SMILES string of the molecule is CC(C)c1ccc(CN(Cc2ccc(F)c(F)c2)c2cccc(S(N)(=O)=O)c2)cc1. The van der Waals surface area contributed by atoms with Crippen molar-refractivity contribution in [2.75, 3.05) is 4.90 Å². The number of primary sulfonamides is 1. The van der Waals surface area contributed by atoms with Crippen LogP contribution in [0.2, 0.25) is 0 Å². The minimum absolute atomic E-state index is 0.00885. The van der Waals surface area contributed by atoms with E-state index in [0.29, 0.717) is 23.7 Å². The Kier molecular flexibility index (Phi) is 6.53. The predicted molar refractivity (Wildman–Crippen MR) is 115 cm³/mol. The number of nitrogens with two attached hydrogens (primary N) is 1. The summed E-state index contributed by atoms with van der Waals surface area (Å²) in [5, 5.41) is 5.27. The number of anilines is 1. The second kappa shape index (κ2) is 8.93. The first-order valence-corrected chi connectivity index (χ1v) is 11.1. The van der Waals surface area contributed by atoms with Gasteiger partial charge in [0.1, 0.15) is 0 Å². The summed E-state index contributed by atoms with van der Waals surface area (Å²) in [6.45, 7) is 4.94. The molecule has 0 fully saturated rings. The highest BCUT2D eigenvalue weighted by molar-refractivity contribution is 7.89.